The molecule has 0 bridgehead atoms. The summed E-state index contributed by atoms with van der Waals surface area (Å²) in [7, 11) is 0. The van der Waals surface area contributed by atoms with E-state index in [0.717, 1.165) is 51.3 Å². The molecule has 3 heterocycles. The van der Waals surface area contributed by atoms with Crippen LogP contribution in [-0.4, -0.2) is 64.1 Å². The molecule has 28 heavy (non-hydrogen) atoms. The molecule has 6 nitrogen and oxygen atoms in total. The van der Waals surface area contributed by atoms with Gasteiger partial charge in [-0.25, -0.2) is 4.79 Å². The van der Waals surface area contributed by atoms with E-state index in [1.165, 1.54) is 6.42 Å². The standard InChI is InChI=1S/C17H23N3O.C2HF3O2/c21-17(13-4-3-5-13)20-10-14-8-19(9-15(14)11-20)12-16-6-1-2-7-18-16;3-2(4,5)1(6)7/h1-2,6-7,13-15H,3-5,8-12H2;(H,6,7)/t14-,15+;. The molecule has 1 aliphatic carbocycles. The van der Waals surface area contributed by atoms with Gasteiger partial charge in [-0.1, -0.05) is 12.5 Å². The van der Waals surface area contributed by atoms with E-state index in [1.807, 2.05) is 12.3 Å². The van der Waals surface area contributed by atoms with Gasteiger partial charge < -0.3 is 10.0 Å². The van der Waals surface area contributed by atoms with Crippen molar-refractivity contribution < 1.29 is 27.9 Å². The van der Waals surface area contributed by atoms with Gasteiger partial charge in [0.25, 0.3) is 0 Å². The highest BCUT2D eigenvalue weighted by atomic mass is 19.4. The topological polar surface area (TPSA) is 73.7 Å². The number of carboxylic acids is 1. The minimum absolute atomic E-state index is 0.355. The molecule has 0 radical (unpaired) electrons. The van der Waals surface area contributed by atoms with Crippen molar-refractivity contribution in [1.82, 2.24) is 14.8 Å². The summed E-state index contributed by atoms with van der Waals surface area (Å²) in [6.07, 6.45) is 0.271. The van der Waals surface area contributed by atoms with E-state index in [9.17, 15) is 18.0 Å². The van der Waals surface area contributed by atoms with Crippen LogP contribution < -0.4 is 0 Å². The highest BCUT2D eigenvalue weighted by molar-refractivity contribution is 5.80. The zero-order valence-corrected chi connectivity index (χ0v) is 15.4. The number of carbonyl (C=O) groups excluding carboxylic acids is 1. The fraction of sp³-hybridized carbons (Fsp3) is 0.632. The molecule has 0 spiro atoms. The summed E-state index contributed by atoms with van der Waals surface area (Å²) in [5, 5.41) is 7.12. The van der Waals surface area contributed by atoms with Crippen LogP contribution in [0, 0.1) is 17.8 Å². The molecular formula is C19H24F3N3O3. The van der Waals surface area contributed by atoms with E-state index in [4.69, 9.17) is 9.90 Å². The fourth-order valence-corrected chi connectivity index (χ4v) is 4.03. The summed E-state index contributed by atoms with van der Waals surface area (Å²) in [5.74, 6) is -0.608. The lowest BCUT2D eigenvalue weighted by atomic mass is 9.84. The Morgan fingerprint density at radius 2 is 1.71 bits per heavy atom. The number of nitrogens with zero attached hydrogens (tertiary/aromatic N) is 3. The van der Waals surface area contributed by atoms with Crippen molar-refractivity contribution in [2.45, 2.75) is 32.0 Å². The first kappa shape index (κ1) is 20.6. The number of carboxylic acid groups (broad SMARTS) is 1. The van der Waals surface area contributed by atoms with Gasteiger partial charge in [0, 0.05) is 44.8 Å². The van der Waals surface area contributed by atoms with Crippen molar-refractivity contribution in [3.63, 3.8) is 0 Å². The van der Waals surface area contributed by atoms with E-state index >= 15 is 0 Å². The molecule has 1 aromatic heterocycles. The molecule has 1 N–H and O–H groups in total. The predicted molar refractivity (Wildman–Crippen MR) is 94.1 cm³/mol. The van der Waals surface area contributed by atoms with Crippen molar-refractivity contribution in [1.29, 1.82) is 0 Å². The number of carbonyl (C=O) groups is 2. The maximum absolute atomic E-state index is 12.3. The van der Waals surface area contributed by atoms with Crippen molar-refractivity contribution in [3.05, 3.63) is 30.1 Å². The predicted octanol–water partition coefficient (Wildman–Crippen LogP) is 2.41. The number of hydrogen-bond donors (Lipinski definition) is 1. The molecular weight excluding hydrogens is 375 g/mol. The van der Waals surface area contributed by atoms with Crippen molar-refractivity contribution in [2.24, 2.45) is 17.8 Å². The van der Waals surface area contributed by atoms with Crippen LogP contribution in [-0.2, 0) is 16.1 Å². The molecule has 1 saturated carbocycles. The summed E-state index contributed by atoms with van der Waals surface area (Å²) in [5.41, 5.74) is 1.15. The van der Waals surface area contributed by atoms with Crippen LogP contribution in [0.3, 0.4) is 0 Å². The Labute approximate surface area is 161 Å². The number of halogens is 3. The van der Waals surface area contributed by atoms with Gasteiger partial charge in [0.1, 0.15) is 0 Å². The Hall–Kier alpha value is -2.16. The van der Waals surface area contributed by atoms with Gasteiger partial charge >= 0.3 is 12.1 Å². The zero-order chi connectivity index (χ0) is 20.3. The normalized spacial score (nSPS) is 24.9. The van der Waals surface area contributed by atoms with Gasteiger partial charge in [-0.3, -0.25) is 14.7 Å². The molecule has 0 unspecified atom stereocenters. The first-order valence-corrected chi connectivity index (χ1v) is 9.45. The van der Waals surface area contributed by atoms with Crippen molar-refractivity contribution in [3.8, 4) is 0 Å². The lowest BCUT2D eigenvalue weighted by Gasteiger charge is -2.30. The third-order valence-electron chi connectivity index (χ3n) is 5.68. The summed E-state index contributed by atoms with van der Waals surface area (Å²) in [6.45, 7) is 5.16. The molecule has 2 atom stereocenters. The molecule has 2 aliphatic heterocycles. The van der Waals surface area contributed by atoms with Crippen LogP contribution in [0.4, 0.5) is 13.2 Å². The van der Waals surface area contributed by atoms with Crippen LogP contribution in [0.5, 0.6) is 0 Å². The highest BCUT2D eigenvalue weighted by Crippen LogP contribution is 2.35. The number of pyridine rings is 1. The Morgan fingerprint density at radius 3 is 2.14 bits per heavy atom. The first-order chi connectivity index (χ1) is 13.2. The number of aliphatic carboxylic acids is 1. The summed E-state index contributed by atoms with van der Waals surface area (Å²) in [4.78, 5) is 30.3. The number of aromatic nitrogens is 1. The zero-order valence-electron chi connectivity index (χ0n) is 15.4. The number of likely N-dealkylation sites (tertiary alicyclic amines) is 2. The smallest absolute Gasteiger partial charge is 0.475 e. The van der Waals surface area contributed by atoms with E-state index in [0.29, 0.717) is 23.7 Å². The number of rotatable bonds is 3. The molecule has 9 heteroatoms. The van der Waals surface area contributed by atoms with E-state index in [1.54, 1.807) is 0 Å². The monoisotopic (exact) mass is 399 g/mol. The molecule has 4 rings (SSSR count). The number of amides is 1. The van der Waals surface area contributed by atoms with Crippen molar-refractivity contribution in [2.75, 3.05) is 26.2 Å². The quantitative estimate of drug-likeness (QED) is 0.845. The second kappa shape index (κ2) is 8.46. The van der Waals surface area contributed by atoms with Crippen LogP contribution >= 0.6 is 0 Å². The first-order valence-electron chi connectivity index (χ1n) is 9.45. The van der Waals surface area contributed by atoms with Crippen LogP contribution in [0.1, 0.15) is 25.0 Å². The van der Waals surface area contributed by atoms with Gasteiger partial charge in [-0.15, -0.1) is 0 Å². The van der Waals surface area contributed by atoms with Crippen LogP contribution in [0.15, 0.2) is 24.4 Å². The number of hydrogen-bond acceptors (Lipinski definition) is 4. The lowest BCUT2D eigenvalue weighted by molar-refractivity contribution is -0.192. The molecule has 154 valence electrons. The molecule has 1 amide bonds. The summed E-state index contributed by atoms with van der Waals surface area (Å²) >= 11 is 0. The molecule has 3 aliphatic rings. The third-order valence-corrected chi connectivity index (χ3v) is 5.68. The minimum atomic E-state index is -5.08. The Balaban J connectivity index is 0.000000279. The fourth-order valence-electron chi connectivity index (χ4n) is 4.03. The largest absolute Gasteiger partial charge is 0.490 e. The maximum Gasteiger partial charge on any atom is 0.490 e. The van der Waals surface area contributed by atoms with E-state index < -0.39 is 12.1 Å². The van der Waals surface area contributed by atoms with E-state index in [-0.39, 0.29) is 0 Å². The second-order valence-electron chi connectivity index (χ2n) is 7.71. The van der Waals surface area contributed by atoms with Gasteiger partial charge in [0.15, 0.2) is 0 Å². The van der Waals surface area contributed by atoms with Gasteiger partial charge in [0.05, 0.1) is 5.69 Å². The van der Waals surface area contributed by atoms with Gasteiger partial charge in [-0.05, 0) is 36.8 Å². The van der Waals surface area contributed by atoms with Crippen LogP contribution in [0.2, 0.25) is 0 Å². The highest BCUT2D eigenvalue weighted by Gasteiger charge is 2.43. The van der Waals surface area contributed by atoms with E-state index in [2.05, 4.69) is 26.9 Å². The number of fused-ring (bicyclic) bond motifs is 1. The van der Waals surface area contributed by atoms with Gasteiger partial charge in [-0.2, -0.15) is 13.2 Å². The SMILES string of the molecule is O=C(C1CCC1)N1C[C@H]2CN(Cc3ccccn3)C[C@H]2C1.O=C(O)C(F)(F)F. The molecule has 2 saturated heterocycles. The summed E-state index contributed by atoms with van der Waals surface area (Å²) in [6, 6.07) is 6.12. The van der Waals surface area contributed by atoms with Crippen LogP contribution in [0.25, 0.3) is 0 Å². The Morgan fingerprint density at radius 1 is 1.11 bits per heavy atom. The third kappa shape index (κ3) is 5.01. The molecule has 3 fully saturated rings. The Bertz CT molecular complexity index is 681. The maximum atomic E-state index is 12.3. The summed E-state index contributed by atoms with van der Waals surface area (Å²) < 4.78 is 31.7. The van der Waals surface area contributed by atoms with Crippen molar-refractivity contribution >= 4 is 11.9 Å². The average molecular weight is 399 g/mol. The lowest BCUT2D eigenvalue weighted by Crippen LogP contribution is -2.39. The second-order valence-corrected chi connectivity index (χ2v) is 7.71. The average Bonchev–Trinajstić information content (AvgIpc) is 3.12. The molecule has 1 aromatic rings. The molecule has 0 aromatic carbocycles. The van der Waals surface area contributed by atoms with Gasteiger partial charge in [0.2, 0.25) is 5.91 Å². The number of alkyl halides is 3. The minimum Gasteiger partial charge on any atom is -0.475 e. The Kier molecular flexibility index (Phi) is 6.22.